The van der Waals surface area contributed by atoms with Crippen molar-refractivity contribution in [2.45, 2.75) is 0 Å². The Morgan fingerprint density at radius 2 is 2.38 bits per heavy atom. The molecule has 4 nitrogen and oxygen atoms in total. The van der Waals surface area contributed by atoms with Crippen molar-refractivity contribution >= 4 is 23.5 Å². The van der Waals surface area contributed by atoms with E-state index < -0.39 is 0 Å². The highest BCUT2D eigenvalue weighted by atomic mass is 16.1. The van der Waals surface area contributed by atoms with Crippen LogP contribution in [0.15, 0.2) is 24.5 Å². The van der Waals surface area contributed by atoms with Crippen molar-refractivity contribution in [1.29, 1.82) is 0 Å². The molecular formula is C9H7N3O. The molecule has 2 rings (SSSR count). The first-order valence-corrected chi connectivity index (χ1v) is 3.82. The Bertz CT molecular complexity index is 459. The van der Waals surface area contributed by atoms with Gasteiger partial charge in [-0.1, -0.05) is 0 Å². The largest absolute Gasteiger partial charge is 0.345 e. The standard InChI is InChI=1S/C9H7N3O/c13-5-1-2-7-6-11-9-8(12-7)3-4-10-9/h1-6H,(H,10,11). The summed E-state index contributed by atoms with van der Waals surface area (Å²) in [6.07, 6.45) is 7.11. The maximum Gasteiger partial charge on any atom is 0.156 e. The minimum atomic E-state index is 0.680. The van der Waals surface area contributed by atoms with Crippen LogP contribution in [0.25, 0.3) is 17.2 Å². The highest BCUT2D eigenvalue weighted by Gasteiger charge is 1.96. The van der Waals surface area contributed by atoms with Gasteiger partial charge in [-0.15, -0.1) is 0 Å². The zero-order valence-electron chi connectivity index (χ0n) is 6.77. The summed E-state index contributed by atoms with van der Waals surface area (Å²) >= 11 is 0. The summed E-state index contributed by atoms with van der Waals surface area (Å²) in [6.45, 7) is 0. The molecule has 13 heavy (non-hydrogen) atoms. The third kappa shape index (κ3) is 1.46. The fourth-order valence-corrected chi connectivity index (χ4v) is 1.06. The molecule has 0 unspecified atom stereocenters. The molecule has 0 amide bonds. The van der Waals surface area contributed by atoms with Crippen LogP contribution >= 0.6 is 0 Å². The van der Waals surface area contributed by atoms with Gasteiger partial charge in [-0.2, -0.15) is 0 Å². The molecule has 1 N–H and O–H groups in total. The number of aromatic nitrogens is 3. The van der Waals surface area contributed by atoms with Gasteiger partial charge in [-0.05, 0) is 18.2 Å². The second-order valence-corrected chi connectivity index (χ2v) is 2.50. The lowest BCUT2D eigenvalue weighted by molar-refractivity contribution is -0.104. The predicted molar refractivity (Wildman–Crippen MR) is 49.0 cm³/mol. The highest BCUT2D eigenvalue weighted by Crippen LogP contribution is 2.06. The van der Waals surface area contributed by atoms with E-state index in [1.165, 1.54) is 6.08 Å². The van der Waals surface area contributed by atoms with Gasteiger partial charge in [-0.25, -0.2) is 9.97 Å². The number of aldehydes is 1. The molecule has 0 saturated carbocycles. The van der Waals surface area contributed by atoms with E-state index in [0.29, 0.717) is 12.0 Å². The summed E-state index contributed by atoms with van der Waals surface area (Å²) in [4.78, 5) is 21.3. The molecule has 2 heterocycles. The van der Waals surface area contributed by atoms with E-state index in [9.17, 15) is 4.79 Å². The Labute approximate surface area is 74.3 Å². The first kappa shape index (κ1) is 7.67. The van der Waals surface area contributed by atoms with Gasteiger partial charge in [0.1, 0.15) is 11.8 Å². The first-order valence-electron chi connectivity index (χ1n) is 3.82. The normalized spacial score (nSPS) is 11.1. The summed E-state index contributed by atoms with van der Waals surface area (Å²) in [5.41, 5.74) is 2.23. The molecule has 0 aliphatic heterocycles. The van der Waals surface area contributed by atoms with Gasteiger partial charge < -0.3 is 4.98 Å². The van der Waals surface area contributed by atoms with E-state index in [0.717, 1.165) is 11.2 Å². The van der Waals surface area contributed by atoms with Crippen LogP contribution in [-0.4, -0.2) is 21.2 Å². The number of allylic oxidation sites excluding steroid dienone is 1. The number of carbonyl (C=O) groups excluding carboxylic acids is 1. The van der Waals surface area contributed by atoms with E-state index in [1.54, 1.807) is 18.5 Å². The molecule has 0 fully saturated rings. The number of H-pyrrole nitrogens is 1. The van der Waals surface area contributed by atoms with Crippen molar-refractivity contribution in [2.24, 2.45) is 0 Å². The topological polar surface area (TPSA) is 58.6 Å². The summed E-state index contributed by atoms with van der Waals surface area (Å²) in [7, 11) is 0. The Hall–Kier alpha value is -1.97. The molecule has 0 aliphatic carbocycles. The smallest absolute Gasteiger partial charge is 0.156 e. The fraction of sp³-hybridized carbons (Fsp3) is 0. The number of hydrogen-bond acceptors (Lipinski definition) is 3. The van der Waals surface area contributed by atoms with Crippen LogP contribution in [0.4, 0.5) is 0 Å². The van der Waals surface area contributed by atoms with E-state index in [-0.39, 0.29) is 0 Å². The Morgan fingerprint density at radius 1 is 1.46 bits per heavy atom. The van der Waals surface area contributed by atoms with E-state index in [4.69, 9.17) is 0 Å². The minimum absolute atomic E-state index is 0.680. The molecule has 0 aliphatic rings. The quantitative estimate of drug-likeness (QED) is 0.547. The van der Waals surface area contributed by atoms with Gasteiger partial charge >= 0.3 is 0 Å². The zero-order valence-corrected chi connectivity index (χ0v) is 6.77. The number of carbonyl (C=O) groups is 1. The van der Waals surface area contributed by atoms with Crippen LogP contribution in [0.3, 0.4) is 0 Å². The molecule has 0 saturated heterocycles. The van der Waals surface area contributed by atoms with E-state index >= 15 is 0 Å². The van der Waals surface area contributed by atoms with Gasteiger partial charge in [0.2, 0.25) is 0 Å². The molecule has 4 heteroatoms. The maximum atomic E-state index is 10.1. The molecule has 2 aromatic rings. The predicted octanol–water partition coefficient (Wildman–Crippen LogP) is 1.17. The van der Waals surface area contributed by atoms with Crippen molar-refractivity contribution < 1.29 is 4.79 Å². The first-order chi connectivity index (χ1) is 6.40. The van der Waals surface area contributed by atoms with Gasteiger partial charge in [0.05, 0.1) is 11.9 Å². The van der Waals surface area contributed by atoms with Gasteiger partial charge in [0.15, 0.2) is 5.65 Å². The SMILES string of the molecule is O=CC=Cc1cnc2[nH]ccc2n1. The molecular weight excluding hydrogens is 166 g/mol. The molecule has 2 aromatic heterocycles. The molecule has 0 aromatic carbocycles. The summed E-state index contributed by atoms with van der Waals surface area (Å²) < 4.78 is 0. The zero-order chi connectivity index (χ0) is 9.10. The number of hydrogen-bond donors (Lipinski definition) is 1. The lowest BCUT2D eigenvalue weighted by atomic mass is 10.4. The number of aromatic amines is 1. The Kier molecular flexibility index (Phi) is 1.88. The minimum Gasteiger partial charge on any atom is -0.345 e. The average Bonchev–Trinajstić information content (AvgIpc) is 2.61. The lowest BCUT2D eigenvalue weighted by Crippen LogP contribution is -1.84. The van der Waals surface area contributed by atoms with Crippen LogP contribution in [0.2, 0.25) is 0 Å². The number of fused-ring (bicyclic) bond motifs is 1. The number of nitrogens with zero attached hydrogens (tertiary/aromatic N) is 2. The number of rotatable bonds is 2. The molecule has 0 spiro atoms. The third-order valence-electron chi connectivity index (χ3n) is 1.62. The third-order valence-corrected chi connectivity index (χ3v) is 1.62. The van der Waals surface area contributed by atoms with Crippen molar-refractivity contribution in [3.05, 3.63) is 30.2 Å². The Balaban J connectivity index is 2.47. The van der Waals surface area contributed by atoms with Crippen LogP contribution in [-0.2, 0) is 4.79 Å². The molecule has 0 atom stereocenters. The van der Waals surface area contributed by atoms with Gasteiger partial charge in [0.25, 0.3) is 0 Å². The lowest BCUT2D eigenvalue weighted by Gasteiger charge is -1.91. The second kappa shape index (κ2) is 3.18. The summed E-state index contributed by atoms with van der Waals surface area (Å²) in [5, 5.41) is 0. The van der Waals surface area contributed by atoms with Crippen molar-refractivity contribution in [2.75, 3.05) is 0 Å². The summed E-state index contributed by atoms with van der Waals surface area (Å²) in [5.74, 6) is 0. The highest BCUT2D eigenvalue weighted by molar-refractivity contribution is 5.75. The maximum absolute atomic E-state index is 10.1. The monoisotopic (exact) mass is 173 g/mol. The van der Waals surface area contributed by atoms with Gasteiger partial charge in [0, 0.05) is 6.20 Å². The summed E-state index contributed by atoms with van der Waals surface area (Å²) in [6, 6.07) is 1.83. The van der Waals surface area contributed by atoms with Crippen molar-refractivity contribution in [3.63, 3.8) is 0 Å². The van der Waals surface area contributed by atoms with Crippen molar-refractivity contribution in [3.8, 4) is 0 Å². The second-order valence-electron chi connectivity index (χ2n) is 2.50. The van der Waals surface area contributed by atoms with E-state index in [2.05, 4.69) is 15.0 Å². The molecule has 0 radical (unpaired) electrons. The molecule has 0 bridgehead atoms. The molecule has 64 valence electrons. The average molecular weight is 173 g/mol. The van der Waals surface area contributed by atoms with Crippen LogP contribution in [0, 0.1) is 0 Å². The van der Waals surface area contributed by atoms with Crippen LogP contribution < -0.4 is 0 Å². The van der Waals surface area contributed by atoms with E-state index in [1.807, 2.05) is 6.07 Å². The van der Waals surface area contributed by atoms with Gasteiger partial charge in [-0.3, -0.25) is 4.79 Å². The van der Waals surface area contributed by atoms with Crippen LogP contribution in [0.1, 0.15) is 5.69 Å². The number of nitrogens with one attached hydrogen (secondary N) is 1. The fourth-order valence-electron chi connectivity index (χ4n) is 1.06. The van der Waals surface area contributed by atoms with Crippen molar-refractivity contribution in [1.82, 2.24) is 15.0 Å². The van der Waals surface area contributed by atoms with Crippen LogP contribution in [0.5, 0.6) is 0 Å². The Morgan fingerprint density at radius 3 is 3.23 bits per heavy atom.